The van der Waals surface area contributed by atoms with E-state index in [1.54, 1.807) is 30.3 Å². The van der Waals surface area contributed by atoms with Crippen molar-refractivity contribution in [2.75, 3.05) is 0 Å². The molecule has 172 valence electrons. The van der Waals surface area contributed by atoms with Crippen molar-refractivity contribution >= 4 is 44.4 Å². The number of hydrogen-bond acceptors (Lipinski definition) is 6. The second kappa shape index (κ2) is 7.40. The first-order valence-corrected chi connectivity index (χ1v) is 12.7. The van der Waals surface area contributed by atoms with Crippen molar-refractivity contribution in [3.8, 4) is 0 Å². The van der Waals surface area contributed by atoms with Crippen molar-refractivity contribution in [1.29, 1.82) is 0 Å². The Labute approximate surface area is 196 Å². The van der Waals surface area contributed by atoms with E-state index in [1.165, 1.54) is 11.0 Å². The molecule has 1 aliphatic heterocycles. The molecule has 0 saturated heterocycles. The Balaban J connectivity index is 1.49. The molecule has 2 aromatic carbocycles. The standard InChI is InChI=1S/C24H23ClN2O5S/c1-24(2,3)23-26-18-11-10-17(25)20(19(18)32-23)33(30,31)14-9-8-13(12-14)27-21(28)15-6-4-5-7-16(15)22(27)29/h4-7,10-11,13-14H,8-9,12H2,1-3H3. The minimum absolute atomic E-state index is 0.0716. The molecule has 9 heteroatoms. The molecule has 1 aromatic heterocycles. The molecule has 2 heterocycles. The van der Waals surface area contributed by atoms with Crippen LogP contribution < -0.4 is 0 Å². The number of nitrogens with zero attached hydrogens (tertiary/aromatic N) is 2. The molecule has 5 rings (SSSR count). The van der Waals surface area contributed by atoms with E-state index >= 15 is 0 Å². The maximum absolute atomic E-state index is 13.7. The van der Waals surface area contributed by atoms with E-state index in [9.17, 15) is 18.0 Å². The van der Waals surface area contributed by atoms with Gasteiger partial charge in [-0.05, 0) is 43.5 Å². The van der Waals surface area contributed by atoms with Crippen molar-refractivity contribution < 1.29 is 22.4 Å². The number of carbonyl (C=O) groups is 2. The third-order valence-corrected chi connectivity index (χ3v) is 9.08. The van der Waals surface area contributed by atoms with Crippen LogP contribution in [-0.2, 0) is 15.3 Å². The number of halogens is 1. The second-order valence-corrected chi connectivity index (χ2v) is 12.2. The van der Waals surface area contributed by atoms with Gasteiger partial charge >= 0.3 is 0 Å². The van der Waals surface area contributed by atoms with Crippen LogP contribution in [0, 0.1) is 0 Å². The zero-order chi connectivity index (χ0) is 23.7. The van der Waals surface area contributed by atoms with Gasteiger partial charge in [0.05, 0.1) is 21.4 Å². The van der Waals surface area contributed by atoms with E-state index in [1.807, 2.05) is 20.8 Å². The van der Waals surface area contributed by atoms with Gasteiger partial charge in [-0.25, -0.2) is 13.4 Å². The Kier molecular flexibility index (Phi) is 4.95. The summed E-state index contributed by atoms with van der Waals surface area (Å²) in [7, 11) is -3.91. The van der Waals surface area contributed by atoms with Gasteiger partial charge in [-0.15, -0.1) is 0 Å². The van der Waals surface area contributed by atoms with Gasteiger partial charge in [0, 0.05) is 11.5 Å². The number of carbonyl (C=O) groups excluding carboxylic acids is 2. The lowest BCUT2D eigenvalue weighted by atomic mass is 9.97. The van der Waals surface area contributed by atoms with Gasteiger partial charge in [0.25, 0.3) is 11.8 Å². The fourth-order valence-corrected chi connectivity index (χ4v) is 7.14. The monoisotopic (exact) mass is 486 g/mol. The zero-order valence-corrected chi connectivity index (χ0v) is 20.0. The van der Waals surface area contributed by atoms with Crippen LogP contribution in [-0.4, -0.2) is 41.4 Å². The Hall–Kier alpha value is -2.71. The molecule has 7 nitrogen and oxygen atoms in total. The topological polar surface area (TPSA) is 97.5 Å². The average Bonchev–Trinajstić information content (AvgIpc) is 3.45. The first-order valence-electron chi connectivity index (χ1n) is 10.8. The minimum atomic E-state index is -3.91. The van der Waals surface area contributed by atoms with Gasteiger partial charge in [0.2, 0.25) is 5.89 Å². The maximum atomic E-state index is 13.7. The van der Waals surface area contributed by atoms with Crippen molar-refractivity contribution in [2.24, 2.45) is 0 Å². The van der Waals surface area contributed by atoms with Crippen LogP contribution in [0.3, 0.4) is 0 Å². The van der Waals surface area contributed by atoms with Gasteiger partial charge in [-0.1, -0.05) is 44.5 Å². The highest BCUT2D eigenvalue weighted by atomic mass is 35.5. The fourth-order valence-electron chi connectivity index (χ4n) is 4.67. The number of oxazole rings is 1. The van der Waals surface area contributed by atoms with Gasteiger partial charge < -0.3 is 4.42 Å². The molecule has 33 heavy (non-hydrogen) atoms. The van der Waals surface area contributed by atoms with E-state index in [0.29, 0.717) is 35.4 Å². The molecular weight excluding hydrogens is 464 g/mol. The highest BCUT2D eigenvalue weighted by Crippen LogP contribution is 2.41. The van der Waals surface area contributed by atoms with Crippen LogP contribution >= 0.6 is 11.6 Å². The van der Waals surface area contributed by atoms with Crippen LogP contribution in [0.2, 0.25) is 5.02 Å². The number of aromatic nitrogens is 1. The summed E-state index contributed by atoms with van der Waals surface area (Å²) in [5.74, 6) is -0.320. The van der Waals surface area contributed by atoms with Crippen LogP contribution in [0.5, 0.6) is 0 Å². The summed E-state index contributed by atoms with van der Waals surface area (Å²) in [4.78, 5) is 31.3. The normalized spacial score (nSPS) is 21.3. The summed E-state index contributed by atoms with van der Waals surface area (Å²) >= 11 is 6.37. The third-order valence-electron chi connectivity index (χ3n) is 6.38. The van der Waals surface area contributed by atoms with Crippen LogP contribution in [0.25, 0.3) is 11.1 Å². The SMILES string of the molecule is CC(C)(C)c1nc2ccc(Cl)c(S(=O)(=O)C3CCC(N4C(=O)c5ccccc5C4=O)C3)c2o1. The Bertz CT molecular complexity index is 1390. The number of amides is 2. The van der Waals surface area contributed by atoms with Gasteiger partial charge in [0.1, 0.15) is 10.4 Å². The van der Waals surface area contributed by atoms with Crippen LogP contribution in [0.1, 0.15) is 66.6 Å². The molecule has 0 bridgehead atoms. The predicted molar refractivity (Wildman–Crippen MR) is 123 cm³/mol. The van der Waals surface area contributed by atoms with Gasteiger partial charge in [0.15, 0.2) is 15.4 Å². The molecule has 0 radical (unpaired) electrons. The van der Waals surface area contributed by atoms with E-state index in [2.05, 4.69) is 4.98 Å². The van der Waals surface area contributed by atoms with Crippen LogP contribution in [0.15, 0.2) is 45.7 Å². The number of fused-ring (bicyclic) bond motifs is 2. The smallest absolute Gasteiger partial charge is 0.261 e. The molecule has 1 fully saturated rings. The van der Waals surface area contributed by atoms with E-state index < -0.39 is 26.5 Å². The van der Waals surface area contributed by atoms with E-state index in [4.69, 9.17) is 16.0 Å². The average molecular weight is 487 g/mol. The predicted octanol–water partition coefficient (Wildman–Crippen LogP) is 4.77. The van der Waals surface area contributed by atoms with Crippen molar-refractivity contribution in [1.82, 2.24) is 9.88 Å². The molecule has 2 amide bonds. The fraction of sp³-hybridized carbons (Fsp3) is 0.375. The number of rotatable bonds is 3. The second-order valence-electron chi connectivity index (χ2n) is 9.65. The van der Waals surface area contributed by atoms with Crippen LogP contribution in [0.4, 0.5) is 0 Å². The largest absolute Gasteiger partial charge is 0.439 e. The quantitative estimate of drug-likeness (QED) is 0.494. The lowest BCUT2D eigenvalue weighted by Crippen LogP contribution is -2.39. The Morgan fingerprint density at radius 2 is 1.67 bits per heavy atom. The molecule has 2 unspecified atom stereocenters. The molecule has 0 N–H and O–H groups in total. The molecular formula is C24H23ClN2O5S. The highest BCUT2D eigenvalue weighted by Gasteiger charge is 2.46. The number of hydrogen-bond donors (Lipinski definition) is 0. The van der Waals surface area contributed by atoms with E-state index in [0.717, 1.165) is 0 Å². The molecule has 1 aliphatic carbocycles. The summed E-state index contributed by atoms with van der Waals surface area (Å²) in [5.41, 5.74) is 0.890. The van der Waals surface area contributed by atoms with Gasteiger partial charge in [-0.2, -0.15) is 0 Å². The summed E-state index contributed by atoms with van der Waals surface area (Å²) < 4.78 is 33.3. The third kappa shape index (κ3) is 3.38. The minimum Gasteiger partial charge on any atom is -0.439 e. The number of sulfone groups is 1. The summed E-state index contributed by atoms with van der Waals surface area (Å²) in [6.45, 7) is 5.78. The highest BCUT2D eigenvalue weighted by molar-refractivity contribution is 7.92. The molecule has 3 aromatic rings. The van der Waals surface area contributed by atoms with Crippen molar-refractivity contribution in [3.63, 3.8) is 0 Å². The lowest BCUT2D eigenvalue weighted by Gasteiger charge is -2.22. The Morgan fingerprint density at radius 1 is 1.03 bits per heavy atom. The van der Waals surface area contributed by atoms with Crippen molar-refractivity contribution in [3.05, 3.63) is 58.4 Å². The summed E-state index contributed by atoms with van der Waals surface area (Å²) in [6.07, 6.45) is 0.876. The first kappa shape index (κ1) is 22.1. The molecule has 0 spiro atoms. The molecule has 1 saturated carbocycles. The Morgan fingerprint density at radius 3 is 2.27 bits per heavy atom. The zero-order valence-electron chi connectivity index (χ0n) is 18.5. The summed E-state index contributed by atoms with van der Waals surface area (Å²) in [6, 6.07) is 9.33. The lowest BCUT2D eigenvalue weighted by molar-refractivity contribution is 0.0588. The maximum Gasteiger partial charge on any atom is 0.261 e. The molecule has 2 aliphatic rings. The van der Waals surface area contributed by atoms with E-state index in [-0.39, 0.29) is 33.7 Å². The summed E-state index contributed by atoms with van der Waals surface area (Å²) in [5, 5.41) is -0.721. The number of benzene rings is 2. The van der Waals surface area contributed by atoms with Gasteiger partial charge in [-0.3, -0.25) is 14.5 Å². The first-order chi connectivity index (χ1) is 15.5. The number of imide groups is 1. The molecule has 2 atom stereocenters. The van der Waals surface area contributed by atoms with Crippen molar-refractivity contribution in [2.45, 2.75) is 61.6 Å².